The third-order valence-electron chi connectivity index (χ3n) is 2.26. The van der Waals surface area contributed by atoms with Crippen LogP contribution in [0.25, 0.3) is 0 Å². The molecule has 6 heteroatoms. The third-order valence-corrected chi connectivity index (χ3v) is 2.26. The molecule has 1 heterocycles. The highest BCUT2D eigenvalue weighted by atomic mass is 16.3. The molecule has 0 aliphatic carbocycles. The van der Waals surface area contributed by atoms with E-state index in [1.165, 1.54) is 13.1 Å². The van der Waals surface area contributed by atoms with Crippen LogP contribution in [0.3, 0.4) is 0 Å². The first-order chi connectivity index (χ1) is 8.00. The Bertz CT molecular complexity index is 384. The molecule has 0 spiro atoms. The molecule has 6 nitrogen and oxygen atoms in total. The highest BCUT2D eigenvalue weighted by Gasteiger charge is 2.19. The largest absolute Gasteiger partial charge is 0.390 e. The molecule has 2 atom stereocenters. The maximum absolute atomic E-state index is 10.6. The second kappa shape index (κ2) is 6.27. The van der Waals surface area contributed by atoms with Crippen LogP contribution in [0, 0.1) is 6.92 Å². The zero-order valence-electron chi connectivity index (χ0n) is 9.92. The van der Waals surface area contributed by atoms with Crippen molar-refractivity contribution in [3.8, 4) is 0 Å². The fourth-order valence-corrected chi connectivity index (χ4v) is 1.38. The van der Waals surface area contributed by atoms with E-state index in [1.54, 1.807) is 13.1 Å². The number of nitrogens with zero attached hydrogens (tertiary/aromatic N) is 2. The van der Waals surface area contributed by atoms with Crippen molar-refractivity contribution in [3.63, 3.8) is 0 Å². The minimum absolute atomic E-state index is 0.165. The quantitative estimate of drug-likeness (QED) is 0.656. The molecule has 0 aliphatic heterocycles. The smallest absolute Gasteiger partial charge is 0.216 e. The number of carbonyl (C=O) groups is 1. The SMILES string of the molecule is CC(=O)NCCC(O)C(O)c1cncc(C)n1. The summed E-state index contributed by atoms with van der Waals surface area (Å²) in [6, 6.07) is 0. The van der Waals surface area contributed by atoms with E-state index in [0.29, 0.717) is 17.9 Å². The lowest BCUT2D eigenvalue weighted by molar-refractivity contribution is -0.119. The fourth-order valence-electron chi connectivity index (χ4n) is 1.38. The summed E-state index contributed by atoms with van der Waals surface area (Å²) in [4.78, 5) is 18.6. The molecule has 0 saturated heterocycles. The van der Waals surface area contributed by atoms with Crippen molar-refractivity contribution in [2.24, 2.45) is 0 Å². The molecule has 1 rings (SSSR count). The zero-order chi connectivity index (χ0) is 12.8. The van der Waals surface area contributed by atoms with E-state index < -0.39 is 12.2 Å². The number of aromatic nitrogens is 2. The molecule has 94 valence electrons. The Labute approximate surface area is 99.7 Å². The summed E-state index contributed by atoms with van der Waals surface area (Å²) in [5.41, 5.74) is 1.01. The van der Waals surface area contributed by atoms with E-state index in [1.807, 2.05) is 0 Å². The number of aryl methyl sites for hydroxylation is 1. The summed E-state index contributed by atoms with van der Waals surface area (Å²) in [5.74, 6) is -0.165. The number of hydrogen-bond donors (Lipinski definition) is 3. The monoisotopic (exact) mass is 239 g/mol. The summed E-state index contributed by atoms with van der Waals surface area (Å²) in [6.45, 7) is 3.47. The first-order valence-electron chi connectivity index (χ1n) is 5.40. The molecule has 3 N–H and O–H groups in total. The molecule has 1 aromatic heterocycles. The van der Waals surface area contributed by atoms with Crippen LogP contribution in [0.4, 0.5) is 0 Å². The molecule has 0 radical (unpaired) electrons. The van der Waals surface area contributed by atoms with Crippen LogP contribution in [0.5, 0.6) is 0 Å². The molecule has 0 saturated carbocycles. The minimum atomic E-state index is -1.09. The lowest BCUT2D eigenvalue weighted by atomic mass is 10.1. The molecule has 2 unspecified atom stereocenters. The van der Waals surface area contributed by atoms with E-state index in [9.17, 15) is 15.0 Å². The van der Waals surface area contributed by atoms with Crippen molar-refractivity contribution in [2.75, 3.05) is 6.54 Å². The van der Waals surface area contributed by atoms with Gasteiger partial charge in [0, 0.05) is 19.7 Å². The molecule has 1 aromatic rings. The van der Waals surface area contributed by atoms with Gasteiger partial charge in [-0.25, -0.2) is 0 Å². The van der Waals surface area contributed by atoms with E-state index in [2.05, 4.69) is 15.3 Å². The molecular formula is C11H17N3O3. The second-order valence-electron chi connectivity index (χ2n) is 3.87. The lowest BCUT2D eigenvalue weighted by Crippen LogP contribution is -2.28. The Kier molecular flexibility index (Phi) is 4.99. The summed E-state index contributed by atoms with van der Waals surface area (Å²) in [6.07, 6.45) is 1.18. The average molecular weight is 239 g/mol. The highest BCUT2D eigenvalue weighted by molar-refractivity contribution is 5.72. The molecular weight excluding hydrogens is 222 g/mol. The maximum atomic E-state index is 10.6. The van der Waals surface area contributed by atoms with Crippen LogP contribution in [0.1, 0.15) is 30.8 Å². The van der Waals surface area contributed by atoms with Gasteiger partial charge in [0.2, 0.25) is 5.91 Å². The predicted molar refractivity (Wildman–Crippen MR) is 61.0 cm³/mol. The van der Waals surface area contributed by atoms with Gasteiger partial charge in [-0.15, -0.1) is 0 Å². The Morgan fingerprint density at radius 3 is 2.76 bits per heavy atom. The van der Waals surface area contributed by atoms with Crippen molar-refractivity contribution in [1.82, 2.24) is 15.3 Å². The number of rotatable bonds is 5. The van der Waals surface area contributed by atoms with Crippen molar-refractivity contribution < 1.29 is 15.0 Å². The van der Waals surface area contributed by atoms with Crippen LogP contribution >= 0.6 is 0 Å². The van der Waals surface area contributed by atoms with Crippen molar-refractivity contribution in [2.45, 2.75) is 32.5 Å². The molecule has 1 amide bonds. The van der Waals surface area contributed by atoms with Crippen LogP contribution in [-0.2, 0) is 4.79 Å². The van der Waals surface area contributed by atoms with Crippen molar-refractivity contribution in [1.29, 1.82) is 0 Å². The number of aliphatic hydroxyl groups is 2. The predicted octanol–water partition coefficient (Wildman–Crippen LogP) is -0.294. The van der Waals surface area contributed by atoms with Crippen molar-refractivity contribution in [3.05, 3.63) is 23.8 Å². The standard InChI is InChI=1S/C11H17N3O3/c1-7-5-12-6-9(14-7)11(17)10(16)3-4-13-8(2)15/h5-6,10-11,16-17H,3-4H2,1-2H3,(H,13,15). The van der Waals surface area contributed by atoms with Crippen LogP contribution < -0.4 is 5.32 Å². The first kappa shape index (κ1) is 13.5. The summed E-state index contributed by atoms with van der Waals surface area (Å²) in [7, 11) is 0. The summed E-state index contributed by atoms with van der Waals surface area (Å²) >= 11 is 0. The molecule has 0 fully saturated rings. The number of amides is 1. The van der Waals surface area contributed by atoms with Gasteiger partial charge in [-0.2, -0.15) is 0 Å². The summed E-state index contributed by atoms with van der Waals surface area (Å²) < 4.78 is 0. The molecule has 0 bridgehead atoms. The van der Waals surface area contributed by atoms with Gasteiger partial charge < -0.3 is 15.5 Å². The van der Waals surface area contributed by atoms with Crippen LogP contribution in [0.15, 0.2) is 12.4 Å². The topological polar surface area (TPSA) is 95.3 Å². The van der Waals surface area contributed by atoms with E-state index >= 15 is 0 Å². The van der Waals surface area contributed by atoms with Crippen molar-refractivity contribution >= 4 is 5.91 Å². The third kappa shape index (κ3) is 4.46. The zero-order valence-corrected chi connectivity index (χ0v) is 9.92. The van der Waals surface area contributed by atoms with Crippen LogP contribution in [-0.4, -0.2) is 38.7 Å². The Hall–Kier alpha value is -1.53. The molecule has 17 heavy (non-hydrogen) atoms. The van der Waals surface area contributed by atoms with Gasteiger partial charge in [-0.1, -0.05) is 0 Å². The minimum Gasteiger partial charge on any atom is -0.390 e. The second-order valence-corrected chi connectivity index (χ2v) is 3.87. The Balaban J connectivity index is 2.51. The first-order valence-corrected chi connectivity index (χ1v) is 5.40. The highest BCUT2D eigenvalue weighted by Crippen LogP contribution is 2.15. The Morgan fingerprint density at radius 1 is 1.47 bits per heavy atom. The molecule has 0 aromatic carbocycles. The van der Waals surface area contributed by atoms with Crippen LogP contribution in [0.2, 0.25) is 0 Å². The number of nitrogens with one attached hydrogen (secondary N) is 1. The van der Waals surface area contributed by atoms with Gasteiger partial charge in [0.25, 0.3) is 0 Å². The number of carbonyl (C=O) groups excluding carboxylic acids is 1. The fraction of sp³-hybridized carbons (Fsp3) is 0.545. The average Bonchev–Trinajstić information content (AvgIpc) is 2.27. The van der Waals surface area contributed by atoms with Gasteiger partial charge in [0.1, 0.15) is 6.10 Å². The van der Waals surface area contributed by atoms with Gasteiger partial charge >= 0.3 is 0 Å². The Morgan fingerprint density at radius 2 is 2.18 bits per heavy atom. The number of hydrogen-bond acceptors (Lipinski definition) is 5. The van der Waals surface area contributed by atoms with Gasteiger partial charge in [0.05, 0.1) is 23.7 Å². The maximum Gasteiger partial charge on any atom is 0.216 e. The number of aliphatic hydroxyl groups excluding tert-OH is 2. The van der Waals surface area contributed by atoms with E-state index in [-0.39, 0.29) is 12.3 Å². The van der Waals surface area contributed by atoms with E-state index in [0.717, 1.165) is 0 Å². The summed E-state index contributed by atoms with van der Waals surface area (Å²) in [5, 5.41) is 22.1. The van der Waals surface area contributed by atoms with Gasteiger partial charge in [-0.05, 0) is 13.3 Å². The van der Waals surface area contributed by atoms with Gasteiger partial charge in [0.15, 0.2) is 0 Å². The normalized spacial score (nSPS) is 14.1. The molecule has 0 aliphatic rings. The van der Waals surface area contributed by atoms with Gasteiger partial charge in [-0.3, -0.25) is 14.8 Å². The van der Waals surface area contributed by atoms with E-state index in [4.69, 9.17) is 0 Å². The lowest BCUT2D eigenvalue weighted by Gasteiger charge is -2.17.